The first-order chi connectivity index (χ1) is 16.6. The third-order valence-corrected chi connectivity index (χ3v) is 5.82. The Morgan fingerprint density at radius 1 is 0.912 bits per heavy atom. The molecule has 34 heavy (non-hydrogen) atoms. The second-order valence-corrected chi connectivity index (χ2v) is 7.93. The van der Waals surface area contributed by atoms with Crippen molar-refractivity contribution in [2.24, 2.45) is 0 Å². The van der Waals surface area contributed by atoms with Crippen molar-refractivity contribution in [3.8, 4) is 0 Å². The molecule has 0 aliphatic carbocycles. The van der Waals surface area contributed by atoms with Crippen LogP contribution in [0.25, 0.3) is 39.2 Å². The number of hydrogen-bond donors (Lipinski definition) is 2. The average Bonchev–Trinajstić information content (AvgIpc) is 3.34. The lowest BCUT2D eigenvalue weighted by Crippen LogP contribution is -1.96. The molecular weight excluding hydrogens is 424 g/mol. The van der Waals surface area contributed by atoms with Crippen LogP contribution in [0.1, 0.15) is 35.6 Å². The number of nitrogens with zero attached hydrogens (tertiary/aromatic N) is 3. The minimum absolute atomic E-state index is 0.811. The highest BCUT2D eigenvalue weighted by atomic mass is 16.4. The van der Waals surface area contributed by atoms with Gasteiger partial charge in [-0.05, 0) is 70.2 Å². The van der Waals surface area contributed by atoms with Gasteiger partial charge in [0.05, 0.1) is 22.7 Å². The Morgan fingerprint density at radius 2 is 1.65 bits per heavy atom. The van der Waals surface area contributed by atoms with Crippen molar-refractivity contribution >= 4 is 45.1 Å². The lowest BCUT2D eigenvalue weighted by Gasteiger charge is -2.17. The van der Waals surface area contributed by atoms with Gasteiger partial charge in [-0.3, -0.25) is 15.1 Å². The van der Waals surface area contributed by atoms with E-state index in [1.807, 2.05) is 42.6 Å². The van der Waals surface area contributed by atoms with Crippen LogP contribution in [0.5, 0.6) is 0 Å². The number of carboxylic acid groups (broad SMARTS) is 1. The molecule has 0 unspecified atom stereocenters. The predicted octanol–water partition coefficient (Wildman–Crippen LogP) is 5.97. The van der Waals surface area contributed by atoms with E-state index in [9.17, 15) is 4.79 Å². The molecule has 6 nitrogen and oxygen atoms in total. The zero-order valence-corrected chi connectivity index (χ0v) is 18.6. The van der Waals surface area contributed by atoms with Gasteiger partial charge in [-0.25, -0.2) is 4.79 Å². The van der Waals surface area contributed by atoms with Gasteiger partial charge in [0.25, 0.3) is 0 Å². The summed E-state index contributed by atoms with van der Waals surface area (Å²) < 4.78 is 0. The van der Waals surface area contributed by atoms with Crippen LogP contribution in [0.4, 0.5) is 0 Å². The van der Waals surface area contributed by atoms with Crippen LogP contribution in [0.15, 0.2) is 85.3 Å². The Bertz CT molecular complexity index is 1560. The molecule has 0 atom stereocenters. The van der Waals surface area contributed by atoms with Crippen molar-refractivity contribution in [3.05, 3.63) is 108 Å². The number of allylic oxidation sites excluding steroid dienone is 1. The van der Waals surface area contributed by atoms with E-state index in [1.165, 1.54) is 5.57 Å². The number of aromatic nitrogens is 4. The Balaban J connectivity index is 1.71. The molecule has 2 heterocycles. The van der Waals surface area contributed by atoms with Gasteiger partial charge in [0.1, 0.15) is 0 Å². The molecule has 3 aromatic carbocycles. The van der Waals surface area contributed by atoms with Crippen LogP contribution >= 0.6 is 0 Å². The number of rotatable bonds is 6. The molecule has 0 saturated carbocycles. The minimum Gasteiger partial charge on any atom is -0.478 e. The van der Waals surface area contributed by atoms with Gasteiger partial charge >= 0.3 is 5.97 Å². The topological polar surface area (TPSA) is 91.8 Å². The van der Waals surface area contributed by atoms with Gasteiger partial charge < -0.3 is 5.11 Å². The number of carboxylic acids is 1. The van der Waals surface area contributed by atoms with Crippen LogP contribution in [-0.2, 0) is 4.79 Å². The average molecular weight is 447 g/mol. The molecule has 6 heteroatoms. The fraction of sp³-hybridized carbons (Fsp3) is 0.0714. The molecule has 2 N–H and O–H groups in total. The standard InChI is InChI=1S/C28H22N4O2/c1-2-23(20-8-11-25-26(16-20)30-14-13-29-25)28(21-9-10-24-22(15-21)17-31-32-24)19-6-3-18(4-7-19)5-12-27(33)34/h3-17H,2H2,1H3,(H,31,32)(H,33,34)/b12-5+,28-23+. The van der Waals surface area contributed by atoms with E-state index < -0.39 is 5.97 Å². The molecule has 5 rings (SSSR count). The zero-order valence-electron chi connectivity index (χ0n) is 18.6. The molecule has 0 aliphatic heterocycles. The first-order valence-electron chi connectivity index (χ1n) is 11.0. The summed E-state index contributed by atoms with van der Waals surface area (Å²) in [6, 6.07) is 20.4. The lowest BCUT2D eigenvalue weighted by molar-refractivity contribution is -0.131. The van der Waals surface area contributed by atoms with Gasteiger partial charge in [0.15, 0.2) is 0 Å². The molecule has 166 valence electrons. The molecule has 0 aliphatic rings. The number of benzene rings is 3. The molecule has 0 amide bonds. The maximum Gasteiger partial charge on any atom is 0.328 e. The number of hydrogen-bond acceptors (Lipinski definition) is 4. The molecule has 0 radical (unpaired) electrons. The first-order valence-corrected chi connectivity index (χ1v) is 11.0. The molecule has 0 saturated heterocycles. The Labute approximate surface area is 196 Å². The molecule has 0 bridgehead atoms. The van der Waals surface area contributed by atoms with Crippen molar-refractivity contribution in [2.75, 3.05) is 0 Å². The van der Waals surface area contributed by atoms with Gasteiger partial charge in [-0.15, -0.1) is 0 Å². The number of aliphatic carboxylic acids is 1. The van der Waals surface area contributed by atoms with Gasteiger partial charge in [-0.2, -0.15) is 5.10 Å². The number of fused-ring (bicyclic) bond motifs is 2. The molecule has 2 aromatic heterocycles. The van der Waals surface area contributed by atoms with E-state index in [4.69, 9.17) is 5.11 Å². The fourth-order valence-electron chi connectivity index (χ4n) is 4.22. The maximum atomic E-state index is 10.9. The fourth-order valence-corrected chi connectivity index (χ4v) is 4.22. The van der Waals surface area contributed by atoms with E-state index in [0.29, 0.717) is 0 Å². The highest BCUT2D eigenvalue weighted by Gasteiger charge is 2.15. The van der Waals surface area contributed by atoms with Gasteiger partial charge in [0, 0.05) is 23.9 Å². The summed E-state index contributed by atoms with van der Waals surface area (Å²) in [5, 5.41) is 17.1. The SMILES string of the molecule is CC/C(=C(/c1ccc(/C=C/C(=O)O)cc1)c1ccc2[nH]ncc2c1)c1ccc2nccnc2c1. The highest BCUT2D eigenvalue weighted by Crippen LogP contribution is 2.36. The van der Waals surface area contributed by atoms with Crippen molar-refractivity contribution in [1.29, 1.82) is 0 Å². The summed E-state index contributed by atoms with van der Waals surface area (Å²) in [5.74, 6) is -0.967. The monoisotopic (exact) mass is 446 g/mol. The smallest absolute Gasteiger partial charge is 0.328 e. The summed E-state index contributed by atoms with van der Waals surface area (Å²) in [4.78, 5) is 19.8. The first kappa shape index (κ1) is 21.3. The van der Waals surface area contributed by atoms with Crippen LogP contribution in [0, 0.1) is 0 Å². The Morgan fingerprint density at radius 3 is 2.41 bits per heavy atom. The number of H-pyrrole nitrogens is 1. The summed E-state index contributed by atoms with van der Waals surface area (Å²) in [5.41, 5.74) is 9.04. The molecular formula is C28H22N4O2. The Kier molecular flexibility index (Phi) is 5.70. The normalized spacial score (nSPS) is 12.4. The third kappa shape index (κ3) is 4.21. The van der Waals surface area contributed by atoms with Gasteiger partial charge in [0.2, 0.25) is 0 Å². The lowest BCUT2D eigenvalue weighted by atomic mass is 9.87. The van der Waals surface area contributed by atoms with E-state index in [1.54, 1.807) is 18.5 Å². The summed E-state index contributed by atoms with van der Waals surface area (Å²) in [6.45, 7) is 2.15. The Hall–Kier alpha value is -4.58. The predicted molar refractivity (Wildman–Crippen MR) is 135 cm³/mol. The van der Waals surface area contributed by atoms with Crippen molar-refractivity contribution in [1.82, 2.24) is 20.2 Å². The van der Waals surface area contributed by atoms with Crippen LogP contribution < -0.4 is 0 Å². The summed E-state index contributed by atoms with van der Waals surface area (Å²) in [6.07, 6.45) is 8.78. The number of nitrogens with one attached hydrogen (secondary N) is 1. The summed E-state index contributed by atoms with van der Waals surface area (Å²) >= 11 is 0. The maximum absolute atomic E-state index is 10.9. The quantitative estimate of drug-likeness (QED) is 0.248. The zero-order chi connectivity index (χ0) is 23.5. The van der Waals surface area contributed by atoms with Crippen LogP contribution in [0.2, 0.25) is 0 Å². The van der Waals surface area contributed by atoms with E-state index in [2.05, 4.69) is 51.4 Å². The van der Waals surface area contributed by atoms with E-state index in [0.717, 1.165) is 62.3 Å². The van der Waals surface area contributed by atoms with Crippen molar-refractivity contribution in [2.45, 2.75) is 13.3 Å². The third-order valence-electron chi connectivity index (χ3n) is 5.82. The second kappa shape index (κ2) is 9.11. The molecule has 5 aromatic rings. The van der Waals surface area contributed by atoms with E-state index in [-0.39, 0.29) is 0 Å². The largest absolute Gasteiger partial charge is 0.478 e. The molecule has 0 fully saturated rings. The number of aromatic amines is 1. The molecule has 0 spiro atoms. The van der Waals surface area contributed by atoms with E-state index >= 15 is 0 Å². The highest BCUT2D eigenvalue weighted by molar-refractivity contribution is 6.01. The second-order valence-electron chi connectivity index (χ2n) is 7.93. The van der Waals surface area contributed by atoms with Crippen LogP contribution in [-0.4, -0.2) is 31.2 Å². The summed E-state index contributed by atoms with van der Waals surface area (Å²) in [7, 11) is 0. The van der Waals surface area contributed by atoms with Crippen LogP contribution in [0.3, 0.4) is 0 Å². The van der Waals surface area contributed by atoms with Crippen molar-refractivity contribution in [3.63, 3.8) is 0 Å². The number of carbonyl (C=O) groups is 1. The minimum atomic E-state index is -0.967. The van der Waals surface area contributed by atoms with Gasteiger partial charge in [-0.1, -0.05) is 43.3 Å². The van der Waals surface area contributed by atoms with Crippen molar-refractivity contribution < 1.29 is 9.90 Å².